The number of unbranched alkanes of at least 4 members (excludes halogenated alkanes) is 1. The molecule has 162 valence electrons. The number of nitriles is 1. The maximum Gasteiger partial charge on any atom is 0.311 e. The van der Waals surface area contributed by atoms with E-state index in [-0.39, 0.29) is 25.3 Å². The molecule has 0 bridgehead atoms. The molecule has 0 spiro atoms. The van der Waals surface area contributed by atoms with Crippen LogP contribution in [-0.2, 0) is 19.1 Å². The van der Waals surface area contributed by atoms with E-state index >= 15 is 0 Å². The number of hydrogen-bond acceptors (Lipinski definition) is 6. The smallest absolute Gasteiger partial charge is 0.311 e. The Bertz CT molecular complexity index is 789. The van der Waals surface area contributed by atoms with E-state index in [1.165, 1.54) is 0 Å². The summed E-state index contributed by atoms with van der Waals surface area (Å²) in [6.07, 6.45) is 2.52. The second-order valence-electron chi connectivity index (χ2n) is 7.14. The Balaban J connectivity index is 2.22. The fourth-order valence-electron chi connectivity index (χ4n) is 3.64. The highest BCUT2D eigenvalue weighted by atomic mass is 16.5. The van der Waals surface area contributed by atoms with Crippen molar-refractivity contribution in [3.63, 3.8) is 0 Å². The van der Waals surface area contributed by atoms with Crippen molar-refractivity contribution in [2.24, 2.45) is 5.92 Å². The number of carbonyl (C=O) groups is 3. The summed E-state index contributed by atoms with van der Waals surface area (Å²) in [5.41, 5.74) is 0.754. The van der Waals surface area contributed by atoms with Crippen molar-refractivity contribution in [1.29, 1.82) is 5.26 Å². The number of ether oxygens (including phenoxy) is 2. The van der Waals surface area contributed by atoms with E-state index in [0.717, 1.165) is 18.4 Å². The Morgan fingerprint density at radius 1 is 1.33 bits per heavy atom. The summed E-state index contributed by atoms with van der Waals surface area (Å²) < 4.78 is 10.8. The van der Waals surface area contributed by atoms with Gasteiger partial charge in [-0.15, -0.1) is 0 Å². The van der Waals surface area contributed by atoms with Crippen molar-refractivity contribution < 1.29 is 23.9 Å². The lowest BCUT2D eigenvalue weighted by Crippen LogP contribution is -2.46. The fourth-order valence-corrected chi connectivity index (χ4v) is 3.64. The number of hydrogen-bond donors (Lipinski definition) is 1. The predicted octanol–water partition coefficient (Wildman–Crippen LogP) is 2.35. The predicted molar refractivity (Wildman–Crippen MR) is 109 cm³/mol. The van der Waals surface area contributed by atoms with Crippen LogP contribution in [0.2, 0.25) is 0 Å². The lowest BCUT2D eigenvalue weighted by atomic mass is 9.83. The lowest BCUT2D eigenvalue weighted by molar-refractivity contribution is -0.160. The summed E-state index contributed by atoms with van der Waals surface area (Å²) in [6, 6.07) is 8.76. The second-order valence-corrected chi connectivity index (χ2v) is 7.14. The number of nitrogens with zero attached hydrogens (tertiary/aromatic N) is 2. The number of methoxy groups -OCH3 is 1. The molecule has 0 saturated carbocycles. The van der Waals surface area contributed by atoms with Gasteiger partial charge in [0.15, 0.2) is 6.61 Å². The van der Waals surface area contributed by atoms with Crippen molar-refractivity contribution in [2.45, 2.75) is 45.1 Å². The number of esters is 1. The van der Waals surface area contributed by atoms with E-state index in [0.29, 0.717) is 18.7 Å². The number of nitrogens with one attached hydrogen (secondary N) is 1. The highest BCUT2D eigenvalue weighted by molar-refractivity contribution is 5.84. The van der Waals surface area contributed by atoms with Gasteiger partial charge in [-0.05, 0) is 18.9 Å². The molecule has 8 nitrogen and oxygen atoms in total. The van der Waals surface area contributed by atoms with Crippen LogP contribution in [0.1, 0.15) is 50.6 Å². The molecule has 2 rings (SSSR count). The van der Waals surface area contributed by atoms with Gasteiger partial charge >= 0.3 is 5.97 Å². The van der Waals surface area contributed by atoms with E-state index < -0.39 is 30.4 Å². The third kappa shape index (κ3) is 5.96. The molecule has 1 aliphatic rings. The van der Waals surface area contributed by atoms with Gasteiger partial charge in [-0.1, -0.05) is 31.5 Å². The summed E-state index contributed by atoms with van der Waals surface area (Å²) in [4.78, 5) is 39.2. The Labute approximate surface area is 177 Å². The minimum atomic E-state index is -0.595. The average molecular weight is 415 g/mol. The van der Waals surface area contributed by atoms with Crippen LogP contribution in [-0.4, -0.2) is 49.5 Å². The maximum absolute atomic E-state index is 12.9. The Morgan fingerprint density at radius 3 is 2.80 bits per heavy atom. The van der Waals surface area contributed by atoms with Crippen molar-refractivity contribution in [2.75, 3.05) is 26.8 Å². The first-order valence-corrected chi connectivity index (χ1v) is 10.3. The summed E-state index contributed by atoms with van der Waals surface area (Å²) in [5, 5.41) is 11.0. The molecule has 1 N–H and O–H groups in total. The first-order chi connectivity index (χ1) is 14.5. The van der Waals surface area contributed by atoms with Gasteiger partial charge in [0.1, 0.15) is 5.75 Å². The molecule has 1 aromatic rings. The van der Waals surface area contributed by atoms with Crippen LogP contribution in [0.4, 0.5) is 0 Å². The molecule has 1 saturated heterocycles. The number of piperidine rings is 1. The number of rotatable bonds is 10. The van der Waals surface area contributed by atoms with Crippen molar-refractivity contribution in [3.8, 4) is 11.8 Å². The van der Waals surface area contributed by atoms with E-state index in [4.69, 9.17) is 14.7 Å². The molecule has 1 heterocycles. The number of amides is 2. The standard InChI is InChI=1S/C22H29N3O5/c1-3-4-14-25-20(27)11-10-17(21(25)16-8-5-6-9-18(16)29-2)22(28)30-15-19(26)24-13-7-12-23/h5-6,8-9,17,21H,3-4,7,10-11,13-15H2,1-2H3,(H,24,26)/t17-,21+/m0/s1. The summed E-state index contributed by atoms with van der Waals surface area (Å²) in [5.74, 6) is -0.969. The number of carbonyl (C=O) groups excluding carboxylic acids is 3. The molecular formula is C22H29N3O5. The minimum Gasteiger partial charge on any atom is -0.496 e. The fraction of sp³-hybridized carbons (Fsp3) is 0.545. The average Bonchev–Trinajstić information content (AvgIpc) is 2.76. The molecule has 1 aromatic carbocycles. The Kier molecular flexibility index (Phi) is 9.13. The normalized spacial score (nSPS) is 18.4. The molecule has 1 aliphatic heterocycles. The SMILES string of the molecule is CCCCN1C(=O)CC[C@H](C(=O)OCC(=O)NCCC#N)[C@H]1c1ccccc1OC. The number of likely N-dealkylation sites (tertiary alicyclic amines) is 1. The largest absolute Gasteiger partial charge is 0.496 e. The van der Waals surface area contributed by atoms with Gasteiger partial charge in [-0.3, -0.25) is 14.4 Å². The quantitative estimate of drug-likeness (QED) is 0.464. The van der Waals surface area contributed by atoms with Crippen LogP contribution in [0.25, 0.3) is 0 Å². The van der Waals surface area contributed by atoms with Crippen LogP contribution in [0.5, 0.6) is 5.75 Å². The van der Waals surface area contributed by atoms with Gasteiger partial charge in [0, 0.05) is 25.1 Å². The maximum atomic E-state index is 12.9. The molecule has 0 aliphatic carbocycles. The van der Waals surface area contributed by atoms with E-state index in [9.17, 15) is 14.4 Å². The summed E-state index contributed by atoms with van der Waals surface area (Å²) in [6.45, 7) is 2.38. The van der Waals surface area contributed by atoms with Gasteiger partial charge in [-0.25, -0.2) is 0 Å². The third-order valence-corrected chi connectivity index (χ3v) is 5.12. The van der Waals surface area contributed by atoms with Gasteiger partial charge in [0.25, 0.3) is 5.91 Å². The van der Waals surface area contributed by atoms with E-state index in [1.54, 1.807) is 18.1 Å². The molecule has 0 aromatic heterocycles. The molecule has 8 heteroatoms. The van der Waals surface area contributed by atoms with Gasteiger partial charge in [-0.2, -0.15) is 5.26 Å². The van der Waals surface area contributed by atoms with E-state index in [2.05, 4.69) is 5.32 Å². The molecule has 0 unspecified atom stereocenters. The van der Waals surface area contributed by atoms with Crippen LogP contribution < -0.4 is 10.1 Å². The number of benzene rings is 1. The number of para-hydroxylation sites is 1. The van der Waals surface area contributed by atoms with Gasteiger partial charge in [0.2, 0.25) is 5.91 Å². The molecular weight excluding hydrogens is 386 g/mol. The van der Waals surface area contributed by atoms with Crippen LogP contribution in [0.15, 0.2) is 24.3 Å². The Hall–Kier alpha value is -3.08. The van der Waals surface area contributed by atoms with Crippen LogP contribution >= 0.6 is 0 Å². The molecule has 0 radical (unpaired) electrons. The Morgan fingerprint density at radius 2 is 2.10 bits per heavy atom. The molecule has 30 heavy (non-hydrogen) atoms. The summed E-state index contributed by atoms with van der Waals surface area (Å²) in [7, 11) is 1.55. The van der Waals surface area contributed by atoms with Crippen LogP contribution in [0.3, 0.4) is 0 Å². The van der Waals surface area contributed by atoms with Crippen molar-refractivity contribution in [3.05, 3.63) is 29.8 Å². The molecule has 2 atom stereocenters. The highest BCUT2D eigenvalue weighted by Gasteiger charge is 2.42. The summed E-state index contributed by atoms with van der Waals surface area (Å²) >= 11 is 0. The second kappa shape index (κ2) is 11.8. The third-order valence-electron chi connectivity index (χ3n) is 5.12. The molecule has 1 fully saturated rings. The zero-order valence-corrected chi connectivity index (χ0v) is 17.6. The van der Waals surface area contributed by atoms with Gasteiger partial charge < -0.3 is 19.7 Å². The first-order valence-electron chi connectivity index (χ1n) is 10.3. The van der Waals surface area contributed by atoms with Crippen molar-refractivity contribution in [1.82, 2.24) is 10.2 Å². The monoisotopic (exact) mass is 415 g/mol. The molecule has 2 amide bonds. The topological polar surface area (TPSA) is 109 Å². The van der Waals surface area contributed by atoms with Crippen LogP contribution in [0, 0.1) is 17.2 Å². The first kappa shape index (κ1) is 23.2. The zero-order valence-electron chi connectivity index (χ0n) is 17.6. The minimum absolute atomic E-state index is 0.00217. The lowest BCUT2D eigenvalue weighted by Gasteiger charge is -2.40. The van der Waals surface area contributed by atoms with Gasteiger partial charge in [0.05, 0.1) is 31.6 Å². The highest BCUT2D eigenvalue weighted by Crippen LogP contribution is 2.41. The van der Waals surface area contributed by atoms with Crippen molar-refractivity contribution >= 4 is 17.8 Å². The zero-order chi connectivity index (χ0) is 21.9. The van der Waals surface area contributed by atoms with E-state index in [1.807, 2.05) is 31.2 Å².